The van der Waals surface area contributed by atoms with Crippen molar-refractivity contribution < 1.29 is 9.53 Å². The molecule has 0 spiro atoms. The van der Waals surface area contributed by atoms with E-state index in [1.54, 1.807) is 37.7 Å². The van der Waals surface area contributed by atoms with Crippen molar-refractivity contribution in [2.24, 2.45) is 0 Å². The fourth-order valence-corrected chi connectivity index (χ4v) is 2.11. The molecular formula is C13H10BrN5O2. The van der Waals surface area contributed by atoms with Gasteiger partial charge in [0.25, 0.3) is 5.91 Å². The third-order valence-electron chi connectivity index (χ3n) is 2.73. The Morgan fingerprint density at radius 2 is 2.24 bits per heavy atom. The van der Waals surface area contributed by atoms with E-state index >= 15 is 0 Å². The lowest BCUT2D eigenvalue weighted by Gasteiger charge is -2.00. The molecule has 7 nitrogen and oxygen atoms in total. The molecule has 0 bridgehead atoms. The molecule has 0 saturated carbocycles. The zero-order valence-corrected chi connectivity index (χ0v) is 12.5. The Kier molecular flexibility index (Phi) is 3.53. The zero-order chi connectivity index (χ0) is 14.8. The largest absolute Gasteiger partial charge is 0.495 e. The second kappa shape index (κ2) is 5.49. The molecule has 0 aromatic carbocycles. The van der Waals surface area contributed by atoms with Gasteiger partial charge in [0.2, 0.25) is 5.95 Å². The summed E-state index contributed by atoms with van der Waals surface area (Å²) in [7, 11) is 1.57. The summed E-state index contributed by atoms with van der Waals surface area (Å²) in [6.45, 7) is 0. The summed E-state index contributed by atoms with van der Waals surface area (Å²) < 4.78 is 7.37. The topological polar surface area (TPSA) is 81.4 Å². The van der Waals surface area contributed by atoms with E-state index in [0.717, 1.165) is 4.47 Å². The van der Waals surface area contributed by atoms with Gasteiger partial charge in [-0.2, -0.15) is 4.98 Å². The number of methoxy groups -OCH3 is 1. The number of ether oxygens (including phenoxy) is 1. The fraction of sp³-hybridized carbons (Fsp3) is 0.0769. The summed E-state index contributed by atoms with van der Waals surface area (Å²) in [5.41, 5.74) is 1.03. The first-order valence-corrected chi connectivity index (χ1v) is 6.77. The van der Waals surface area contributed by atoms with Gasteiger partial charge >= 0.3 is 0 Å². The molecule has 0 radical (unpaired) electrons. The minimum atomic E-state index is -0.327. The van der Waals surface area contributed by atoms with E-state index < -0.39 is 0 Å². The summed E-state index contributed by atoms with van der Waals surface area (Å²) in [6, 6.07) is 5.19. The van der Waals surface area contributed by atoms with Crippen molar-refractivity contribution in [3.63, 3.8) is 0 Å². The summed E-state index contributed by atoms with van der Waals surface area (Å²) in [6.07, 6.45) is 4.75. The summed E-state index contributed by atoms with van der Waals surface area (Å²) >= 11 is 3.27. The van der Waals surface area contributed by atoms with Crippen molar-refractivity contribution in [3.8, 4) is 5.75 Å². The summed E-state index contributed by atoms with van der Waals surface area (Å²) in [4.78, 5) is 20.2. The average molecular weight is 348 g/mol. The Labute approximate surface area is 128 Å². The predicted octanol–water partition coefficient (Wildman–Crippen LogP) is 2.15. The fourth-order valence-electron chi connectivity index (χ4n) is 1.75. The Hall–Kier alpha value is -2.48. The molecule has 0 aliphatic carbocycles. The van der Waals surface area contributed by atoms with E-state index in [1.165, 1.54) is 10.7 Å². The number of aromatic nitrogens is 4. The molecule has 8 heteroatoms. The van der Waals surface area contributed by atoms with Gasteiger partial charge in [0.15, 0.2) is 5.65 Å². The van der Waals surface area contributed by atoms with Gasteiger partial charge < -0.3 is 4.74 Å². The van der Waals surface area contributed by atoms with Crippen molar-refractivity contribution in [2.45, 2.75) is 0 Å². The zero-order valence-electron chi connectivity index (χ0n) is 10.9. The molecule has 0 unspecified atom stereocenters. The number of rotatable bonds is 3. The molecular weight excluding hydrogens is 338 g/mol. The van der Waals surface area contributed by atoms with E-state index in [1.807, 2.05) is 0 Å². The number of anilines is 1. The van der Waals surface area contributed by atoms with Gasteiger partial charge in [-0.3, -0.25) is 15.1 Å². The molecule has 21 heavy (non-hydrogen) atoms. The van der Waals surface area contributed by atoms with Crippen LogP contribution in [-0.4, -0.2) is 32.6 Å². The Balaban J connectivity index is 1.86. The number of nitrogens with one attached hydrogen (secondary N) is 1. The number of nitrogens with zero attached hydrogens (tertiary/aromatic N) is 4. The molecule has 0 aliphatic heterocycles. The van der Waals surface area contributed by atoms with E-state index in [-0.39, 0.29) is 11.9 Å². The second-order valence-corrected chi connectivity index (χ2v) is 5.07. The molecule has 3 rings (SSSR count). The molecule has 106 valence electrons. The van der Waals surface area contributed by atoms with Crippen LogP contribution in [0, 0.1) is 0 Å². The minimum absolute atomic E-state index is 0.216. The van der Waals surface area contributed by atoms with Gasteiger partial charge in [0.1, 0.15) is 5.75 Å². The second-order valence-electron chi connectivity index (χ2n) is 4.15. The highest BCUT2D eigenvalue weighted by molar-refractivity contribution is 9.10. The smallest absolute Gasteiger partial charge is 0.259 e. The van der Waals surface area contributed by atoms with E-state index in [2.05, 4.69) is 36.3 Å². The molecule has 1 N–H and O–H groups in total. The number of carbonyl (C=O) groups is 1. The van der Waals surface area contributed by atoms with E-state index in [9.17, 15) is 4.79 Å². The standard InChI is InChI=1S/C13H10BrN5O2/c1-21-10-2-3-11-16-13(18-19(11)7-10)17-12(20)8-4-9(14)6-15-5-8/h2-7H,1H3,(H,17,18,20). The van der Waals surface area contributed by atoms with Crippen LogP contribution in [-0.2, 0) is 0 Å². The predicted molar refractivity (Wildman–Crippen MR) is 79.4 cm³/mol. The summed E-state index contributed by atoms with van der Waals surface area (Å²) in [5, 5.41) is 6.80. The lowest BCUT2D eigenvalue weighted by atomic mass is 10.3. The maximum atomic E-state index is 12.1. The van der Waals surface area contributed by atoms with Crippen LogP contribution >= 0.6 is 15.9 Å². The lowest BCUT2D eigenvalue weighted by molar-refractivity contribution is 0.102. The number of hydrogen-bond acceptors (Lipinski definition) is 5. The molecule has 0 atom stereocenters. The molecule has 1 amide bonds. The maximum Gasteiger partial charge on any atom is 0.259 e. The highest BCUT2D eigenvalue weighted by Gasteiger charge is 2.11. The van der Waals surface area contributed by atoms with Gasteiger partial charge in [-0.1, -0.05) is 0 Å². The molecule has 0 saturated heterocycles. The Bertz CT molecular complexity index is 817. The van der Waals surface area contributed by atoms with Crippen molar-refractivity contribution >= 4 is 33.4 Å². The van der Waals surface area contributed by atoms with Crippen LogP contribution in [0.15, 0.2) is 41.3 Å². The van der Waals surface area contributed by atoms with Crippen LogP contribution in [0.4, 0.5) is 5.95 Å². The van der Waals surface area contributed by atoms with Crippen molar-refractivity contribution in [3.05, 3.63) is 46.8 Å². The number of amides is 1. The first kappa shape index (κ1) is 13.5. The number of pyridine rings is 2. The third kappa shape index (κ3) is 2.84. The van der Waals surface area contributed by atoms with Crippen LogP contribution < -0.4 is 10.1 Å². The van der Waals surface area contributed by atoms with Crippen molar-refractivity contribution in [1.82, 2.24) is 19.6 Å². The normalized spacial score (nSPS) is 10.6. The van der Waals surface area contributed by atoms with E-state index in [4.69, 9.17) is 4.74 Å². The molecule has 0 fully saturated rings. The Morgan fingerprint density at radius 1 is 1.38 bits per heavy atom. The van der Waals surface area contributed by atoms with E-state index in [0.29, 0.717) is 17.0 Å². The molecule has 3 aromatic heterocycles. The van der Waals surface area contributed by atoms with Crippen LogP contribution in [0.2, 0.25) is 0 Å². The highest BCUT2D eigenvalue weighted by Crippen LogP contribution is 2.14. The number of carbonyl (C=O) groups excluding carboxylic acids is 1. The molecule has 3 aromatic rings. The monoisotopic (exact) mass is 347 g/mol. The number of fused-ring (bicyclic) bond motifs is 1. The van der Waals surface area contributed by atoms with Crippen LogP contribution in [0.5, 0.6) is 5.75 Å². The van der Waals surface area contributed by atoms with Crippen LogP contribution in [0.25, 0.3) is 5.65 Å². The summed E-state index contributed by atoms with van der Waals surface area (Å²) in [5.74, 6) is 0.543. The van der Waals surface area contributed by atoms with Gasteiger partial charge in [-0.05, 0) is 34.1 Å². The first-order valence-electron chi connectivity index (χ1n) is 5.98. The maximum absolute atomic E-state index is 12.1. The van der Waals surface area contributed by atoms with Gasteiger partial charge in [-0.25, -0.2) is 4.52 Å². The third-order valence-corrected chi connectivity index (χ3v) is 3.17. The molecule has 0 aliphatic rings. The number of halogens is 1. The minimum Gasteiger partial charge on any atom is -0.495 e. The number of hydrogen-bond donors (Lipinski definition) is 1. The van der Waals surface area contributed by atoms with Gasteiger partial charge in [-0.15, -0.1) is 5.10 Å². The van der Waals surface area contributed by atoms with Crippen LogP contribution in [0.1, 0.15) is 10.4 Å². The van der Waals surface area contributed by atoms with Crippen molar-refractivity contribution in [1.29, 1.82) is 0 Å². The highest BCUT2D eigenvalue weighted by atomic mass is 79.9. The molecule has 3 heterocycles. The van der Waals surface area contributed by atoms with Crippen LogP contribution in [0.3, 0.4) is 0 Å². The quantitative estimate of drug-likeness (QED) is 0.784. The van der Waals surface area contributed by atoms with Crippen molar-refractivity contribution in [2.75, 3.05) is 12.4 Å². The Morgan fingerprint density at radius 3 is 3.00 bits per heavy atom. The average Bonchev–Trinajstić information content (AvgIpc) is 2.88. The van der Waals surface area contributed by atoms with Gasteiger partial charge in [0, 0.05) is 16.9 Å². The SMILES string of the molecule is COc1ccc2nc(NC(=O)c3cncc(Br)c3)nn2c1. The lowest BCUT2D eigenvalue weighted by Crippen LogP contribution is -2.13. The van der Waals surface area contributed by atoms with Gasteiger partial charge in [0.05, 0.1) is 18.9 Å². The first-order chi connectivity index (χ1) is 10.2.